The maximum absolute atomic E-state index is 12.5. The van der Waals surface area contributed by atoms with E-state index >= 15 is 0 Å². The normalized spacial score (nSPS) is 10.5. The molecule has 5 aromatic rings. The van der Waals surface area contributed by atoms with Gasteiger partial charge < -0.3 is 29.6 Å². The summed E-state index contributed by atoms with van der Waals surface area (Å²) in [5, 5.41) is 6.43. The molecule has 0 fully saturated rings. The maximum Gasteiger partial charge on any atom is 0.323 e. The number of nitrogens with zero attached hydrogens (tertiary/aromatic N) is 1. The quantitative estimate of drug-likeness (QED) is 0.212. The topological polar surface area (TPSA) is 90.9 Å². The average Bonchev–Trinajstić information content (AvgIpc) is 2.97. The number of aromatic nitrogens is 1. The molecule has 5 rings (SSSR count). The van der Waals surface area contributed by atoms with E-state index < -0.39 is 0 Å². The van der Waals surface area contributed by atoms with Gasteiger partial charge in [-0.25, -0.2) is 4.79 Å². The van der Waals surface area contributed by atoms with Gasteiger partial charge in [-0.2, -0.15) is 0 Å². The highest BCUT2D eigenvalue weighted by atomic mass is 16.5. The van der Waals surface area contributed by atoms with Crippen molar-refractivity contribution in [3.8, 4) is 28.7 Å². The molecule has 0 aliphatic rings. The highest BCUT2D eigenvalue weighted by molar-refractivity contribution is 5.99. The molecule has 0 unspecified atom stereocenters. The summed E-state index contributed by atoms with van der Waals surface area (Å²) in [5.74, 6) is 3.13. The molecule has 0 aliphatic carbocycles. The third-order valence-electron chi connectivity index (χ3n) is 5.91. The van der Waals surface area contributed by atoms with Crippen molar-refractivity contribution in [2.45, 2.75) is 6.61 Å². The molecular weight excluding hydrogens is 494 g/mol. The van der Waals surface area contributed by atoms with E-state index in [0.29, 0.717) is 41.0 Å². The van der Waals surface area contributed by atoms with Crippen molar-refractivity contribution in [2.24, 2.45) is 0 Å². The molecule has 8 heteroatoms. The summed E-state index contributed by atoms with van der Waals surface area (Å²) in [5.41, 5.74) is 3.08. The van der Waals surface area contributed by atoms with Gasteiger partial charge >= 0.3 is 6.03 Å². The maximum atomic E-state index is 12.5. The van der Waals surface area contributed by atoms with Crippen LogP contribution in [0, 0.1) is 0 Å². The first-order valence-electron chi connectivity index (χ1n) is 12.2. The number of methoxy groups -OCH3 is 2. The van der Waals surface area contributed by atoms with E-state index in [9.17, 15) is 4.79 Å². The number of fused-ring (bicyclic) bond motifs is 1. The van der Waals surface area contributed by atoms with Gasteiger partial charge in [-0.15, -0.1) is 0 Å². The summed E-state index contributed by atoms with van der Waals surface area (Å²) >= 11 is 0. The first kappa shape index (κ1) is 25.4. The van der Waals surface area contributed by atoms with Gasteiger partial charge in [-0.05, 0) is 66.2 Å². The molecule has 0 saturated carbocycles. The number of anilines is 2. The Hall–Kier alpha value is -5.24. The molecule has 1 heterocycles. The van der Waals surface area contributed by atoms with E-state index in [4.69, 9.17) is 18.9 Å². The number of hydrogen-bond acceptors (Lipinski definition) is 6. The number of ether oxygens (including phenoxy) is 4. The van der Waals surface area contributed by atoms with Gasteiger partial charge in [0.05, 0.1) is 19.7 Å². The molecule has 8 nitrogen and oxygen atoms in total. The van der Waals surface area contributed by atoms with Crippen LogP contribution in [0.4, 0.5) is 16.2 Å². The molecule has 2 amide bonds. The Kier molecular flexibility index (Phi) is 7.73. The van der Waals surface area contributed by atoms with E-state index in [1.165, 1.54) is 0 Å². The fraction of sp³-hybridized carbons (Fsp3) is 0.0968. The fourth-order valence-electron chi connectivity index (χ4n) is 3.94. The Morgan fingerprint density at radius 1 is 0.718 bits per heavy atom. The summed E-state index contributed by atoms with van der Waals surface area (Å²) in [4.78, 5) is 16.9. The molecule has 0 aliphatic heterocycles. The minimum absolute atomic E-state index is 0.359. The second-order valence-corrected chi connectivity index (χ2v) is 8.54. The number of carbonyl (C=O) groups is 1. The Morgan fingerprint density at radius 2 is 1.33 bits per heavy atom. The number of amides is 2. The number of pyridine rings is 1. The molecule has 0 radical (unpaired) electrons. The van der Waals surface area contributed by atoms with E-state index in [-0.39, 0.29) is 6.03 Å². The number of urea groups is 1. The van der Waals surface area contributed by atoms with Gasteiger partial charge in [0.2, 0.25) is 0 Å². The molecule has 39 heavy (non-hydrogen) atoms. The van der Waals surface area contributed by atoms with Crippen LogP contribution in [0.3, 0.4) is 0 Å². The number of nitrogens with one attached hydrogen (secondary N) is 2. The van der Waals surface area contributed by atoms with Gasteiger partial charge in [-0.1, -0.05) is 30.3 Å². The lowest BCUT2D eigenvalue weighted by Crippen LogP contribution is -2.19. The predicted molar refractivity (Wildman–Crippen MR) is 151 cm³/mol. The third kappa shape index (κ3) is 6.37. The van der Waals surface area contributed by atoms with Gasteiger partial charge in [-0.3, -0.25) is 4.98 Å². The van der Waals surface area contributed by atoms with E-state index in [0.717, 1.165) is 22.2 Å². The van der Waals surface area contributed by atoms with Gasteiger partial charge in [0.15, 0.2) is 11.5 Å². The van der Waals surface area contributed by atoms with Crippen LogP contribution in [-0.2, 0) is 6.61 Å². The highest BCUT2D eigenvalue weighted by Gasteiger charge is 2.12. The predicted octanol–water partition coefficient (Wildman–Crippen LogP) is 7.27. The van der Waals surface area contributed by atoms with Gasteiger partial charge in [0, 0.05) is 29.0 Å². The highest BCUT2D eigenvalue weighted by Crippen LogP contribution is 2.37. The molecule has 196 valence electrons. The molecular formula is C31H27N3O5. The van der Waals surface area contributed by atoms with Crippen molar-refractivity contribution in [3.05, 3.63) is 109 Å². The number of benzene rings is 4. The number of hydrogen-bond donors (Lipinski definition) is 2. The molecule has 0 spiro atoms. The molecule has 2 N–H and O–H groups in total. The second-order valence-electron chi connectivity index (χ2n) is 8.54. The van der Waals surface area contributed by atoms with Gasteiger partial charge in [0.1, 0.15) is 23.9 Å². The molecule has 0 atom stereocenters. The van der Waals surface area contributed by atoms with Gasteiger partial charge in [0.25, 0.3) is 0 Å². The van der Waals surface area contributed by atoms with Crippen LogP contribution < -0.4 is 29.6 Å². The van der Waals surface area contributed by atoms with Crippen LogP contribution >= 0.6 is 0 Å². The van der Waals surface area contributed by atoms with Crippen LogP contribution in [0.1, 0.15) is 5.56 Å². The second kappa shape index (κ2) is 11.9. The Morgan fingerprint density at radius 3 is 1.97 bits per heavy atom. The standard InChI is InChI=1S/C31H27N3O5/c1-36-29-18-26-27(19-30(29)37-2)32-17-16-28(26)39-25-14-10-23(11-15-25)34-31(35)33-22-8-12-24(13-9-22)38-20-21-6-4-3-5-7-21/h3-19H,20H2,1-2H3,(H2,33,34,35). The number of rotatable bonds is 9. The van der Waals surface area contributed by atoms with E-state index in [1.807, 2.05) is 48.5 Å². The van der Waals surface area contributed by atoms with Crippen molar-refractivity contribution in [1.82, 2.24) is 4.98 Å². The van der Waals surface area contributed by atoms with Crippen LogP contribution in [0.5, 0.6) is 28.7 Å². The van der Waals surface area contributed by atoms with Crippen molar-refractivity contribution in [1.29, 1.82) is 0 Å². The third-order valence-corrected chi connectivity index (χ3v) is 5.91. The van der Waals surface area contributed by atoms with Crippen LogP contribution in [0.2, 0.25) is 0 Å². The van der Waals surface area contributed by atoms with Crippen molar-refractivity contribution >= 4 is 28.3 Å². The number of carbonyl (C=O) groups excluding carboxylic acids is 1. The SMILES string of the molecule is COc1cc2nccc(Oc3ccc(NC(=O)Nc4ccc(OCc5ccccc5)cc4)cc3)c2cc1OC. The zero-order valence-electron chi connectivity index (χ0n) is 21.5. The Labute approximate surface area is 226 Å². The zero-order chi connectivity index (χ0) is 27.0. The average molecular weight is 522 g/mol. The molecule has 0 saturated heterocycles. The van der Waals surface area contributed by atoms with Crippen molar-refractivity contribution < 1.29 is 23.7 Å². The zero-order valence-corrected chi connectivity index (χ0v) is 21.5. The summed E-state index contributed by atoms with van der Waals surface area (Å²) < 4.78 is 22.7. The molecule has 0 bridgehead atoms. The van der Waals surface area contributed by atoms with Crippen molar-refractivity contribution in [3.63, 3.8) is 0 Å². The summed E-state index contributed by atoms with van der Waals surface area (Å²) in [6.45, 7) is 0.480. The van der Waals surface area contributed by atoms with Crippen LogP contribution in [0.25, 0.3) is 10.9 Å². The lowest BCUT2D eigenvalue weighted by molar-refractivity contribution is 0.262. The lowest BCUT2D eigenvalue weighted by Gasteiger charge is -2.13. The first-order valence-corrected chi connectivity index (χ1v) is 12.2. The largest absolute Gasteiger partial charge is 0.493 e. The summed E-state index contributed by atoms with van der Waals surface area (Å²) in [6, 6.07) is 29.3. The monoisotopic (exact) mass is 521 g/mol. The van der Waals surface area contributed by atoms with Crippen LogP contribution in [0.15, 0.2) is 103 Å². The minimum atomic E-state index is -0.359. The molecule has 4 aromatic carbocycles. The minimum Gasteiger partial charge on any atom is -0.493 e. The van der Waals surface area contributed by atoms with Crippen molar-refractivity contribution in [2.75, 3.05) is 24.9 Å². The lowest BCUT2D eigenvalue weighted by atomic mass is 10.2. The summed E-state index contributed by atoms with van der Waals surface area (Å²) in [6.07, 6.45) is 1.67. The Bertz CT molecular complexity index is 1560. The first-order chi connectivity index (χ1) is 19.1. The van der Waals surface area contributed by atoms with E-state index in [1.54, 1.807) is 68.9 Å². The fourth-order valence-corrected chi connectivity index (χ4v) is 3.94. The van der Waals surface area contributed by atoms with Crippen LogP contribution in [-0.4, -0.2) is 25.2 Å². The smallest absolute Gasteiger partial charge is 0.323 e. The summed E-state index contributed by atoms with van der Waals surface area (Å²) in [7, 11) is 3.16. The Balaban J connectivity index is 1.17. The molecule has 1 aromatic heterocycles. The van der Waals surface area contributed by atoms with E-state index in [2.05, 4.69) is 15.6 Å².